The molecule has 0 spiro atoms. The van der Waals surface area contributed by atoms with E-state index in [0.717, 1.165) is 11.8 Å². The highest BCUT2D eigenvalue weighted by atomic mass is 32.2. The van der Waals surface area contributed by atoms with Crippen LogP contribution < -0.4 is 17.0 Å². The third kappa shape index (κ3) is 4.01. The van der Waals surface area contributed by atoms with Gasteiger partial charge < -0.3 is 35.9 Å². The minimum Gasteiger partial charge on any atom is -0.387 e. The summed E-state index contributed by atoms with van der Waals surface area (Å²) < 4.78 is 36.7. The van der Waals surface area contributed by atoms with E-state index < -0.39 is 59.3 Å². The summed E-state index contributed by atoms with van der Waals surface area (Å²) in [5, 5.41) is 20.8. The number of rotatable bonds is 4. The highest BCUT2D eigenvalue weighted by Crippen LogP contribution is 2.46. The first-order valence-corrected chi connectivity index (χ1v) is 13.5. The van der Waals surface area contributed by atoms with E-state index in [-0.39, 0.29) is 29.5 Å². The van der Waals surface area contributed by atoms with Gasteiger partial charge in [-0.2, -0.15) is 4.98 Å². The Hall–Kier alpha value is -3.42. The maximum absolute atomic E-state index is 15.7. The van der Waals surface area contributed by atoms with E-state index in [0.29, 0.717) is 24.0 Å². The Kier molecular flexibility index (Phi) is 6.13. The number of alkyl halides is 1. The number of H-pyrrole nitrogens is 1. The zero-order valence-corrected chi connectivity index (χ0v) is 21.5. The largest absolute Gasteiger partial charge is 0.387 e. The van der Waals surface area contributed by atoms with E-state index in [1.54, 1.807) is 0 Å². The number of nitrogens with two attached hydrogens (primary N) is 2. The van der Waals surface area contributed by atoms with Crippen LogP contribution in [0.2, 0.25) is 0 Å². The number of nitrogen functional groups attached to an aromatic ring is 2. The molecule has 0 aromatic carbocycles. The Bertz CT molecular complexity index is 1630. The fourth-order valence-corrected chi connectivity index (χ4v) is 6.92. The Morgan fingerprint density at radius 1 is 1.07 bits per heavy atom. The van der Waals surface area contributed by atoms with Crippen LogP contribution in [0.4, 0.5) is 16.2 Å². The first-order chi connectivity index (χ1) is 19.3. The molecular formula is C22H25FN10O6S. The average molecular weight is 577 g/mol. The topological polar surface area (TPSA) is 227 Å². The standard InChI is InChI=1S/C22H25FN10O6S/c23-10-7-1-2-9(37-3-8(7)38-19(10)32-5-28-11-15(24)26-4-27-16(11)32)39-21-14(35)13(34)20(40-21)33-6-29-12-17(33)30-22(25)31-18(12)36/h4-10,13-14,19-21,34-35H,1-3H2,(H2,24,26,27)(H3,25,30,31,36)/t7-,8-,9?,10+,13-,14+,19-,20-,21?/m1/s1. The number of ether oxygens (including phenoxy) is 3. The van der Waals surface area contributed by atoms with Gasteiger partial charge >= 0.3 is 0 Å². The number of aromatic amines is 1. The predicted octanol–water partition coefficient (Wildman–Crippen LogP) is -0.578. The van der Waals surface area contributed by atoms with Gasteiger partial charge in [0.05, 0.1) is 25.4 Å². The molecule has 3 aliphatic rings. The number of nitrogens with one attached hydrogen (secondary N) is 1. The highest BCUT2D eigenvalue weighted by Gasteiger charge is 2.50. The molecule has 0 amide bonds. The third-order valence-electron chi connectivity index (χ3n) is 7.52. The van der Waals surface area contributed by atoms with Gasteiger partial charge in [-0.1, -0.05) is 11.8 Å². The fraction of sp³-hybridized carbons (Fsp3) is 0.545. The van der Waals surface area contributed by atoms with Gasteiger partial charge in [-0.3, -0.25) is 18.9 Å². The number of anilines is 2. The predicted molar refractivity (Wildman–Crippen MR) is 137 cm³/mol. The number of nitrogens with zero attached hydrogens (tertiary/aromatic N) is 7. The Balaban J connectivity index is 1.03. The molecule has 3 fully saturated rings. The molecule has 7 N–H and O–H groups in total. The molecule has 40 heavy (non-hydrogen) atoms. The van der Waals surface area contributed by atoms with Crippen LogP contribution in [-0.2, 0) is 14.2 Å². The van der Waals surface area contributed by atoms with Crippen LogP contribution in [0.1, 0.15) is 24.4 Å². The van der Waals surface area contributed by atoms with Crippen molar-refractivity contribution in [1.82, 2.24) is 39.0 Å². The Labute approximate surface area is 227 Å². The minimum atomic E-state index is -1.36. The lowest BCUT2D eigenvalue weighted by Gasteiger charge is -2.23. The van der Waals surface area contributed by atoms with Crippen LogP contribution in [0, 0.1) is 5.92 Å². The van der Waals surface area contributed by atoms with Crippen molar-refractivity contribution in [3.63, 3.8) is 0 Å². The number of aliphatic hydroxyl groups is 2. The van der Waals surface area contributed by atoms with E-state index in [9.17, 15) is 15.0 Å². The van der Waals surface area contributed by atoms with Gasteiger partial charge in [-0.05, 0) is 12.8 Å². The second-order valence-corrected chi connectivity index (χ2v) is 11.1. The van der Waals surface area contributed by atoms with Crippen LogP contribution in [0.15, 0.2) is 23.8 Å². The summed E-state index contributed by atoms with van der Waals surface area (Å²) >= 11 is 1.12. The summed E-state index contributed by atoms with van der Waals surface area (Å²) in [6, 6.07) is 0. The molecule has 0 aliphatic carbocycles. The van der Waals surface area contributed by atoms with E-state index >= 15 is 4.39 Å². The molecule has 0 bridgehead atoms. The lowest BCUT2D eigenvalue weighted by molar-refractivity contribution is -0.185. The molecule has 0 saturated carbocycles. The fourth-order valence-electron chi connectivity index (χ4n) is 5.53. The SMILES string of the molecule is Nc1nc2c(ncn2[C@@H]2SC(OC3CC[C@H]4[C@H](F)[C@H](n5cnc6c(N)ncnc65)O[C@@H]4CO3)[C@@H](O)[C@H]2O)c(=O)[nH]1. The number of imidazole rings is 2. The molecule has 7 rings (SSSR count). The summed E-state index contributed by atoms with van der Waals surface area (Å²) in [5.41, 5.74) is 11.1. The molecular weight excluding hydrogens is 551 g/mol. The van der Waals surface area contributed by atoms with Crippen molar-refractivity contribution in [3.8, 4) is 0 Å². The van der Waals surface area contributed by atoms with Gasteiger partial charge in [0.1, 0.15) is 34.9 Å². The number of thioether (sulfide) groups is 1. The van der Waals surface area contributed by atoms with Crippen LogP contribution in [-0.4, -0.2) is 92.1 Å². The molecule has 3 saturated heterocycles. The van der Waals surface area contributed by atoms with Crippen molar-refractivity contribution < 1.29 is 28.8 Å². The smallest absolute Gasteiger partial charge is 0.280 e. The van der Waals surface area contributed by atoms with Gasteiger partial charge in [0.25, 0.3) is 5.56 Å². The molecule has 7 heterocycles. The van der Waals surface area contributed by atoms with Crippen molar-refractivity contribution >= 4 is 45.9 Å². The maximum atomic E-state index is 15.7. The lowest BCUT2D eigenvalue weighted by atomic mass is 9.94. The minimum absolute atomic E-state index is 0.0539. The quantitative estimate of drug-likeness (QED) is 0.205. The number of fused-ring (bicyclic) bond motifs is 3. The summed E-state index contributed by atoms with van der Waals surface area (Å²) in [6.45, 7) is 0.0631. The monoisotopic (exact) mass is 576 g/mol. The Morgan fingerprint density at radius 2 is 1.88 bits per heavy atom. The zero-order valence-electron chi connectivity index (χ0n) is 20.6. The van der Waals surface area contributed by atoms with Gasteiger partial charge in [0.2, 0.25) is 5.95 Å². The average Bonchev–Trinajstić information content (AvgIpc) is 3.65. The molecule has 212 valence electrons. The van der Waals surface area contributed by atoms with Crippen molar-refractivity contribution in [1.29, 1.82) is 0 Å². The van der Waals surface area contributed by atoms with Crippen LogP contribution in [0.5, 0.6) is 0 Å². The number of hydrogen-bond donors (Lipinski definition) is 5. The second-order valence-electron chi connectivity index (χ2n) is 9.88. The summed E-state index contributed by atoms with van der Waals surface area (Å²) in [4.78, 5) is 35.0. The Morgan fingerprint density at radius 3 is 2.73 bits per heavy atom. The van der Waals surface area contributed by atoms with Gasteiger partial charge in [-0.15, -0.1) is 0 Å². The normalized spacial score (nSPS) is 34.4. The molecule has 4 aromatic heterocycles. The first-order valence-electron chi connectivity index (χ1n) is 12.5. The number of aliphatic hydroxyl groups excluding tert-OH is 2. The van der Waals surface area contributed by atoms with E-state index in [1.165, 1.54) is 28.1 Å². The number of hydrogen-bond acceptors (Lipinski definition) is 14. The summed E-state index contributed by atoms with van der Waals surface area (Å²) in [5.74, 6) is -0.372. The summed E-state index contributed by atoms with van der Waals surface area (Å²) in [6.07, 6.45) is -1.35. The number of aromatic nitrogens is 8. The van der Waals surface area contributed by atoms with Gasteiger partial charge in [-0.25, -0.2) is 24.3 Å². The molecule has 3 aliphatic heterocycles. The first kappa shape index (κ1) is 25.5. The van der Waals surface area contributed by atoms with Gasteiger partial charge in [0.15, 0.2) is 41.3 Å². The maximum Gasteiger partial charge on any atom is 0.280 e. The van der Waals surface area contributed by atoms with E-state index in [1.807, 2.05) is 0 Å². The molecule has 0 radical (unpaired) electrons. The zero-order chi connectivity index (χ0) is 27.7. The molecule has 16 nitrogen and oxygen atoms in total. The van der Waals surface area contributed by atoms with E-state index in [4.69, 9.17) is 25.7 Å². The van der Waals surface area contributed by atoms with Crippen LogP contribution >= 0.6 is 11.8 Å². The van der Waals surface area contributed by atoms with Gasteiger partial charge in [0, 0.05) is 5.92 Å². The highest BCUT2D eigenvalue weighted by molar-refractivity contribution is 8.00. The number of halogens is 1. The van der Waals surface area contributed by atoms with E-state index in [2.05, 4.69) is 29.9 Å². The molecule has 4 aromatic rings. The second kappa shape index (κ2) is 9.60. The summed E-state index contributed by atoms with van der Waals surface area (Å²) in [7, 11) is 0. The molecule has 2 unspecified atom stereocenters. The molecule has 18 heteroatoms. The van der Waals surface area contributed by atoms with Crippen LogP contribution in [0.3, 0.4) is 0 Å². The van der Waals surface area contributed by atoms with Crippen molar-refractivity contribution in [2.24, 2.45) is 5.92 Å². The van der Waals surface area contributed by atoms with Crippen LogP contribution in [0.25, 0.3) is 22.3 Å². The van der Waals surface area contributed by atoms with Crippen molar-refractivity contribution in [3.05, 3.63) is 29.3 Å². The lowest BCUT2D eigenvalue weighted by Crippen LogP contribution is -2.35. The van der Waals surface area contributed by atoms with Crippen molar-refractivity contribution in [2.75, 3.05) is 18.1 Å². The molecule has 9 atom stereocenters. The third-order valence-corrected chi connectivity index (χ3v) is 8.96. The van der Waals surface area contributed by atoms with Crippen molar-refractivity contribution in [2.45, 2.75) is 60.7 Å².